The molecule has 0 fully saturated rings. The van der Waals surface area contributed by atoms with Crippen molar-refractivity contribution in [2.75, 3.05) is 17.6 Å². The van der Waals surface area contributed by atoms with Gasteiger partial charge in [0.1, 0.15) is 17.3 Å². The fourth-order valence-electron chi connectivity index (χ4n) is 1.33. The number of hydrogen-bond donors (Lipinski definition) is 1. The summed E-state index contributed by atoms with van der Waals surface area (Å²) in [5.41, 5.74) is -4.87. The third-order valence-corrected chi connectivity index (χ3v) is 2.76. The molecule has 0 aliphatic carbocycles. The fourth-order valence-corrected chi connectivity index (χ4v) is 1.76. The van der Waals surface area contributed by atoms with Gasteiger partial charge in [-0.25, -0.2) is 0 Å². The van der Waals surface area contributed by atoms with Crippen molar-refractivity contribution in [2.24, 2.45) is 0 Å². The zero-order valence-electron chi connectivity index (χ0n) is 9.40. The van der Waals surface area contributed by atoms with Crippen molar-refractivity contribution in [2.45, 2.75) is 5.51 Å². The van der Waals surface area contributed by atoms with Crippen LogP contribution in [0.2, 0.25) is 0 Å². The Labute approximate surface area is 110 Å². The largest absolute Gasteiger partial charge is 0.441 e. The molecule has 102 valence electrons. The fraction of sp³-hybridized carbons (Fsp3) is 0.300. The van der Waals surface area contributed by atoms with Gasteiger partial charge in [0.25, 0.3) is 0 Å². The van der Waals surface area contributed by atoms with Gasteiger partial charge in [0.15, 0.2) is 0 Å². The first-order chi connectivity index (χ1) is 8.85. The second-order valence-corrected chi connectivity index (χ2v) is 4.45. The Hall–Kier alpha value is -1.95. The average Bonchev–Trinajstić information content (AvgIpc) is 2.32. The number of nitro groups is 1. The Balaban J connectivity index is 2.74. The Kier molecular flexibility index (Phi) is 5.00. The van der Waals surface area contributed by atoms with Crippen molar-refractivity contribution in [3.63, 3.8) is 0 Å². The van der Waals surface area contributed by atoms with E-state index in [1.165, 1.54) is 18.2 Å². The number of halogens is 3. The highest BCUT2D eigenvalue weighted by Crippen LogP contribution is 2.31. The highest BCUT2D eigenvalue weighted by atomic mass is 32.2. The number of benzene rings is 1. The molecule has 0 heterocycles. The lowest BCUT2D eigenvalue weighted by Gasteiger charge is -2.08. The summed E-state index contributed by atoms with van der Waals surface area (Å²) in [6, 6.07) is 5.70. The summed E-state index contributed by atoms with van der Waals surface area (Å²) in [5, 5.41) is 22.1. The number of hydrogen-bond acceptors (Lipinski definition) is 5. The zero-order valence-corrected chi connectivity index (χ0v) is 10.2. The molecule has 19 heavy (non-hydrogen) atoms. The Morgan fingerprint density at radius 1 is 1.47 bits per heavy atom. The van der Waals surface area contributed by atoms with Crippen LogP contribution in [-0.4, -0.2) is 22.7 Å². The van der Waals surface area contributed by atoms with Crippen molar-refractivity contribution in [3.8, 4) is 6.07 Å². The van der Waals surface area contributed by atoms with Gasteiger partial charge in [-0.15, -0.1) is 0 Å². The molecule has 1 rings (SSSR count). The van der Waals surface area contributed by atoms with Gasteiger partial charge in [-0.2, -0.15) is 18.4 Å². The van der Waals surface area contributed by atoms with E-state index in [1.54, 1.807) is 6.07 Å². The van der Waals surface area contributed by atoms with Crippen molar-refractivity contribution in [1.29, 1.82) is 5.26 Å². The van der Waals surface area contributed by atoms with Gasteiger partial charge in [0.2, 0.25) is 0 Å². The summed E-state index contributed by atoms with van der Waals surface area (Å²) in [4.78, 5) is 10.1. The Morgan fingerprint density at radius 3 is 2.68 bits per heavy atom. The van der Waals surface area contributed by atoms with Gasteiger partial charge in [-0.05, 0) is 23.9 Å². The number of nitrogens with one attached hydrogen (secondary N) is 1. The minimum Gasteiger partial charge on any atom is -0.379 e. The van der Waals surface area contributed by atoms with Crippen LogP contribution >= 0.6 is 11.8 Å². The highest BCUT2D eigenvalue weighted by molar-refractivity contribution is 8.00. The number of para-hydroxylation sites is 1. The number of thioether (sulfide) groups is 1. The van der Waals surface area contributed by atoms with E-state index in [9.17, 15) is 23.3 Å². The van der Waals surface area contributed by atoms with Gasteiger partial charge < -0.3 is 5.32 Å². The van der Waals surface area contributed by atoms with Crippen LogP contribution in [0.5, 0.6) is 0 Å². The molecule has 0 aliphatic rings. The molecule has 5 nitrogen and oxygen atoms in total. The summed E-state index contributed by atoms with van der Waals surface area (Å²) in [6.45, 7) is -0.0973. The molecule has 0 saturated heterocycles. The second-order valence-electron chi connectivity index (χ2n) is 3.29. The number of alkyl halides is 3. The van der Waals surface area contributed by atoms with E-state index in [1.807, 2.05) is 0 Å². The maximum atomic E-state index is 11.9. The van der Waals surface area contributed by atoms with E-state index >= 15 is 0 Å². The molecule has 1 aromatic rings. The molecular formula is C10H8F3N3O2S. The summed E-state index contributed by atoms with van der Waals surface area (Å²) in [5.74, 6) is -0.280. The van der Waals surface area contributed by atoms with Gasteiger partial charge in [0.05, 0.1) is 4.92 Å². The SMILES string of the molecule is N#Cc1cccc(NCCSC(F)(F)F)c1[N+](=O)[O-]. The number of anilines is 1. The van der Waals surface area contributed by atoms with Crippen LogP contribution in [0.4, 0.5) is 24.5 Å². The number of nitro benzene ring substituents is 1. The molecule has 0 saturated carbocycles. The molecule has 0 bridgehead atoms. The van der Waals surface area contributed by atoms with Crippen LogP contribution in [0.1, 0.15) is 5.56 Å². The number of rotatable bonds is 5. The summed E-state index contributed by atoms with van der Waals surface area (Å²) >= 11 is -0.220. The highest BCUT2D eigenvalue weighted by Gasteiger charge is 2.27. The molecule has 1 aromatic carbocycles. The van der Waals surface area contributed by atoms with E-state index in [0.717, 1.165) is 0 Å². The van der Waals surface area contributed by atoms with Crippen LogP contribution in [-0.2, 0) is 0 Å². The van der Waals surface area contributed by atoms with Gasteiger partial charge in [-0.3, -0.25) is 10.1 Å². The summed E-state index contributed by atoms with van der Waals surface area (Å²) < 4.78 is 35.7. The lowest BCUT2D eigenvalue weighted by Crippen LogP contribution is -2.10. The lowest BCUT2D eigenvalue weighted by molar-refractivity contribution is -0.384. The van der Waals surface area contributed by atoms with E-state index in [0.29, 0.717) is 0 Å². The van der Waals surface area contributed by atoms with Crippen molar-refractivity contribution >= 4 is 23.1 Å². The molecule has 0 radical (unpaired) electrons. The topological polar surface area (TPSA) is 79.0 Å². The van der Waals surface area contributed by atoms with Gasteiger partial charge >= 0.3 is 11.2 Å². The normalized spacial score (nSPS) is 10.8. The first-order valence-corrected chi connectivity index (χ1v) is 5.96. The van der Waals surface area contributed by atoms with Crippen molar-refractivity contribution in [3.05, 3.63) is 33.9 Å². The Bertz CT molecular complexity index is 514. The van der Waals surface area contributed by atoms with Crippen LogP contribution in [0.15, 0.2) is 18.2 Å². The molecule has 0 unspecified atom stereocenters. The first kappa shape index (κ1) is 15.1. The lowest BCUT2D eigenvalue weighted by atomic mass is 10.1. The maximum absolute atomic E-state index is 11.9. The molecule has 0 spiro atoms. The van der Waals surface area contributed by atoms with Crippen LogP contribution < -0.4 is 5.32 Å². The van der Waals surface area contributed by atoms with Crippen LogP contribution in [0, 0.1) is 21.4 Å². The van der Waals surface area contributed by atoms with Crippen LogP contribution in [0.3, 0.4) is 0 Å². The third kappa shape index (κ3) is 4.67. The van der Waals surface area contributed by atoms with E-state index in [4.69, 9.17) is 5.26 Å². The first-order valence-electron chi connectivity index (χ1n) is 4.97. The van der Waals surface area contributed by atoms with Crippen molar-refractivity contribution < 1.29 is 18.1 Å². The zero-order chi connectivity index (χ0) is 14.5. The molecule has 9 heteroatoms. The summed E-state index contributed by atoms with van der Waals surface area (Å²) in [7, 11) is 0. The smallest absolute Gasteiger partial charge is 0.379 e. The predicted octanol–water partition coefficient (Wildman–Crippen LogP) is 3.13. The minimum absolute atomic E-state index is 0.0341. The monoisotopic (exact) mass is 291 g/mol. The average molecular weight is 291 g/mol. The molecule has 1 N–H and O–H groups in total. The molecular weight excluding hydrogens is 283 g/mol. The van der Waals surface area contributed by atoms with Gasteiger partial charge in [-0.1, -0.05) is 6.07 Å². The van der Waals surface area contributed by atoms with E-state index in [-0.39, 0.29) is 35.3 Å². The number of nitriles is 1. The van der Waals surface area contributed by atoms with Crippen molar-refractivity contribution in [1.82, 2.24) is 0 Å². The molecule has 0 aromatic heterocycles. The van der Waals surface area contributed by atoms with Gasteiger partial charge in [0, 0.05) is 12.3 Å². The van der Waals surface area contributed by atoms with Crippen LogP contribution in [0.25, 0.3) is 0 Å². The molecule has 0 amide bonds. The number of nitrogens with zero attached hydrogens (tertiary/aromatic N) is 2. The Morgan fingerprint density at radius 2 is 2.16 bits per heavy atom. The second kappa shape index (κ2) is 6.29. The molecule has 0 aliphatic heterocycles. The van der Waals surface area contributed by atoms with E-state index in [2.05, 4.69) is 5.32 Å². The molecule has 0 atom stereocenters. The predicted molar refractivity (Wildman–Crippen MR) is 64.8 cm³/mol. The maximum Gasteiger partial charge on any atom is 0.441 e. The minimum atomic E-state index is -4.33. The summed E-state index contributed by atoms with van der Waals surface area (Å²) in [6.07, 6.45) is 0. The van der Waals surface area contributed by atoms with E-state index < -0.39 is 16.1 Å². The quantitative estimate of drug-likeness (QED) is 0.512. The third-order valence-electron chi connectivity index (χ3n) is 2.02. The standard InChI is InChI=1S/C10H8F3N3O2S/c11-10(12,13)19-5-4-15-8-3-1-2-7(6-14)9(8)16(17)18/h1-3,15H,4-5H2.